The molecule has 0 saturated heterocycles. The van der Waals surface area contributed by atoms with Crippen molar-refractivity contribution in [2.75, 3.05) is 5.75 Å². The fourth-order valence-electron chi connectivity index (χ4n) is 2.67. The van der Waals surface area contributed by atoms with Gasteiger partial charge in [-0.2, -0.15) is 0 Å². The van der Waals surface area contributed by atoms with Gasteiger partial charge in [-0.1, -0.05) is 53.7 Å². The summed E-state index contributed by atoms with van der Waals surface area (Å²) < 4.78 is 5.91. The van der Waals surface area contributed by atoms with Gasteiger partial charge < -0.3 is 15.2 Å². The van der Waals surface area contributed by atoms with Crippen LogP contribution in [-0.4, -0.2) is 27.7 Å². The summed E-state index contributed by atoms with van der Waals surface area (Å²) >= 11 is 7.21. The lowest BCUT2D eigenvalue weighted by Crippen LogP contribution is -2.26. The first-order chi connectivity index (χ1) is 14.0. The van der Waals surface area contributed by atoms with Crippen molar-refractivity contribution in [2.24, 2.45) is 0 Å². The van der Waals surface area contributed by atoms with E-state index in [0.717, 1.165) is 17.3 Å². The largest absolute Gasteiger partial charge is 0.491 e. The molecule has 6 nitrogen and oxygen atoms in total. The maximum absolute atomic E-state index is 12.4. The van der Waals surface area contributed by atoms with Crippen molar-refractivity contribution >= 4 is 35.2 Å². The van der Waals surface area contributed by atoms with Crippen LogP contribution < -0.4 is 5.32 Å². The Morgan fingerprint density at radius 2 is 1.97 bits per heavy atom. The first kappa shape index (κ1) is 21.0. The van der Waals surface area contributed by atoms with E-state index in [0.29, 0.717) is 41.0 Å². The van der Waals surface area contributed by atoms with Gasteiger partial charge in [0, 0.05) is 17.6 Å². The van der Waals surface area contributed by atoms with E-state index in [-0.39, 0.29) is 17.2 Å². The van der Waals surface area contributed by atoms with Crippen LogP contribution in [0.5, 0.6) is 0 Å². The van der Waals surface area contributed by atoms with Gasteiger partial charge in [-0.15, -0.1) is 0 Å². The zero-order valence-electron chi connectivity index (χ0n) is 15.4. The molecular formula is C21H19ClN2O4S. The Bertz CT molecular complexity index is 960. The predicted molar refractivity (Wildman–Crippen MR) is 111 cm³/mol. The number of benzene rings is 1. The van der Waals surface area contributed by atoms with Crippen LogP contribution in [0.3, 0.4) is 0 Å². The molecule has 2 N–H and O–H groups in total. The number of nitrogens with one attached hydrogen (secondary N) is 1. The molecule has 2 aromatic rings. The molecule has 1 amide bonds. The molecule has 8 heteroatoms. The second kappa shape index (κ2) is 10.1. The van der Waals surface area contributed by atoms with E-state index in [9.17, 15) is 14.7 Å². The minimum absolute atomic E-state index is 0.0121. The van der Waals surface area contributed by atoms with Gasteiger partial charge in [-0.3, -0.25) is 4.79 Å². The van der Waals surface area contributed by atoms with E-state index in [1.54, 1.807) is 12.1 Å². The number of amides is 1. The van der Waals surface area contributed by atoms with Crippen molar-refractivity contribution in [3.8, 4) is 0 Å². The van der Waals surface area contributed by atoms with Gasteiger partial charge in [0.1, 0.15) is 17.4 Å². The van der Waals surface area contributed by atoms with Gasteiger partial charge in [-0.05, 0) is 30.2 Å². The third-order valence-electron chi connectivity index (χ3n) is 4.06. The number of hydrogen-bond acceptors (Lipinski definition) is 5. The number of hydrogen-bond donors (Lipinski definition) is 2. The van der Waals surface area contributed by atoms with Crippen molar-refractivity contribution in [1.29, 1.82) is 0 Å². The Morgan fingerprint density at radius 3 is 2.72 bits per heavy atom. The number of aromatic nitrogens is 1. The van der Waals surface area contributed by atoms with Gasteiger partial charge in [0.25, 0.3) is 0 Å². The van der Waals surface area contributed by atoms with Crippen LogP contribution >= 0.6 is 23.4 Å². The maximum Gasteiger partial charge on any atom is 0.338 e. The minimum atomic E-state index is -1.08. The van der Waals surface area contributed by atoms with E-state index in [1.165, 1.54) is 12.3 Å². The van der Waals surface area contributed by atoms with E-state index < -0.39 is 5.97 Å². The van der Waals surface area contributed by atoms with Crippen molar-refractivity contribution in [1.82, 2.24) is 10.3 Å². The number of rotatable bonds is 8. The summed E-state index contributed by atoms with van der Waals surface area (Å²) in [6.07, 6.45) is 4.43. The summed E-state index contributed by atoms with van der Waals surface area (Å²) in [5.74, 6) is -0.698. The number of halogens is 1. The average molecular weight is 431 g/mol. The van der Waals surface area contributed by atoms with E-state index in [4.69, 9.17) is 16.3 Å². The number of thioether (sulfide) groups is 1. The molecule has 0 saturated carbocycles. The number of pyridine rings is 1. The zero-order valence-corrected chi connectivity index (χ0v) is 17.0. The summed E-state index contributed by atoms with van der Waals surface area (Å²) in [5, 5.41) is 13.0. The van der Waals surface area contributed by atoms with Crippen molar-refractivity contribution in [3.05, 3.63) is 82.4 Å². The van der Waals surface area contributed by atoms with Gasteiger partial charge in [-0.25, -0.2) is 9.78 Å². The predicted octanol–water partition coefficient (Wildman–Crippen LogP) is 4.33. The lowest BCUT2D eigenvalue weighted by molar-refractivity contribution is -0.117. The van der Waals surface area contributed by atoms with Crippen LogP contribution in [-0.2, 0) is 16.1 Å². The topological polar surface area (TPSA) is 88.5 Å². The summed E-state index contributed by atoms with van der Waals surface area (Å²) in [6, 6.07) is 12.7. The molecule has 1 aliphatic carbocycles. The lowest BCUT2D eigenvalue weighted by atomic mass is 10.1. The smallest absolute Gasteiger partial charge is 0.338 e. The number of carboxylic acid groups (broad SMARTS) is 1. The minimum Gasteiger partial charge on any atom is -0.491 e. The quantitative estimate of drug-likeness (QED) is 0.606. The third-order valence-corrected chi connectivity index (χ3v) is 5.37. The molecule has 0 bridgehead atoms. The van der Waals surface area contributed by atoms with Gasteiger partial charge in [0.15, 0.2) is 0 Å². The molecule has 0 aliphatic heterocycles. The van der Waals surface area contributed by atoms with E-state index >= 15 is 0 Å². The highest BCUT2D eigenvalue weighted by atomic mass is 35.5. The fraction of sp³-hybridized carbons (Fsp3) is 0.190. The molecule has 0 fully saturated rings. The number of carboxylic acids is 1. The Labute approximate surface area is 177 Å². The molecule has 29 heavy (non-hydrogen) atoms. The van der Waals surface area contributed by atoms with Crippen LogP contribution in [0.25, 0.3) is 0 Å². The third kappa shape index (κ3) is 6.10. The lowest BCUT2D eigenvalue weighted by Gasteiger charge is -2.19. The molecule has 1 aliphatic rings. The highest BCUT2D eigenvalue weighted by molar-refractivity contribution is 8.00. The highest BCUT2D eigenvalue weighted by Crippen LogP contribution is 2.27. The number of nitrogens with zero attached hydrogens (tertiary/aromatic N) is 1. The van der Waals surface area contributed by atoms with Crippen molar-refractivity contribution in [3.63, 3.8) is 0 Å². The summed E-state index contributed by atoms with van der Waals surface area (Å²) in [4.78, 5) is 27.7. The first-order valence-electron chi connectivity index (χ1n) is 8.90. The molecule has 0 unspecified atom stereocenters. The molecule has 0 radical (unpaired) electrons. The Morgan fingerprint density at radius 1 is 1.17 bits per heavy atom. The number of carbonyl (C=O) groups excluding carboxylic acids is 1. The van der Waals surface area contributed by atoms with Crippen LogP contribution in [0.1, 0.15) is 28.8 Å². The van der Waals surface area contributed by atoms with Crippen LogP contribution in [0.15, 0.2) is 76.3 Å². The van der Waals surface area contributed by atoms with Crippen molar-refractivity contribution < 1.29 is 19.4 Å². The Balaban J connectivity index is 1.64. The van der Waals surface area contributed by atoms with E-state index in [1.807, 2.05) is 30.3 Å². The van der Waals surface area contributed by atoms with Gasteiger partial charge >= 0.3 is 5.97 Å². The van der Waals surface area contributed by atoms with Crippen LogP contribution in [0, 0.1) is 0 Å². The zero-order chi connectivity index (χ0) is 20.6. The Kier molecular flexibility index (Phi) is 7.32. The number of aromatic carboxylic acids is 1. The summed E-state index contributed by atoms with van der Waals surface area (Å²) in [6.45, 7) is 0.395. The number of allylic oxidation sites excluding steroid dienone is 3. The molecule has 0 atom stereocenters. The second-order valence-electron chi connectivity index (χ2n) is 6.20. The number of ether oxygens (including phenoxy) is 1. The summed E-state index contributed by atoms with van der Waals surface area (Å²) in [7, 11) is 0. The van der Waals surface area contributed by atoms with Crippen LogP contribution in [0.4, 0.5) is 0 Å². The number of carbonyl (C=O) groups is 2. The van der Waals surface area contributed by atoms with E-state index in [2.05, 4.69) is 10.3 Å². The fourth-order valence-corrected chi connectivity index (χ4v) is 3.66. The summed E-state index contributed by atoms with van der Waals surface area (Å²) in [5.41, 5.74) is 1.62. The first-order valence-corrected chi connectivity index (χ1v) is 10.3. The van der Waals surface area contributed by atoms with Gasteiger partial charge in [0.2, 0.25) is 5.91 Å². The SMILES string of the molecule is O=C(CSc1ncccc1C(=O)O)NC1=C(OCc2ccccc2)CCC(Cl)=C1. The maximum atomic E-state index is 12.4. The normalized spacial score (nSPS) is 13.6. The standard InChI is InChI=1S/C21H19ClN2O4S/c22-15-8-9-18(28-12-14-5-2-1-3-6-14)17(11-15)24-19(25)13-29-20-16(21(26)27)7-4-10-23-20/h1-7,10-11H,8-9,12-13H2,(H,24,25)(H,26,27). The van der Waals surface area contributed by atoms with Crippen molar-refractivity contribution in [2.45, 2.75) is 24.5 Å². The molecule has 150 valence electrons. The molecular weight excluding hydrogens is 412 g/mol. The highest BCUT2D eigenvalue weighted by Gasteiger charge is 2.18. The second-order valence-corrected chi connectivity index (χ2v) is 7.65. The monoisotopic (exact) mass is 430 g/mol. The molecule has 1 aromatic heterocycles. The van der Waals surface area contributed by atoms with Crippen LogP contribution in [0.2, 0.25) is 0 Å². The molecule has 1 aromatic carbocycles. The molecule has 3 rings (SSSR count). The average Bonchev–Trinajstić information content (AvgIpc) is 2.72. The Hall–Kier alpha value is -2.77. The molecule has 1 heterocycles. The molecule has 0 spiro atoms. The van der Waals surface area contributed by atoms with Gasteiger partial charge in [0.05, 0.1) is 17.0 Å².